The van der Waals surface area contributed by atoms with Gasteiger partial charge < -0.3 is 10.1 Å². The summed E-state index contributed by atoms with van der Waals surface area (Å²) in [6.45, 7) is 5.08. The number of nitrogens with zero attached hydrogens (tertiary/aromatic N) is 2. The summed E-state index contributed by atoms with van der Waals surface area (Å²) >= 11 is 1.51. The van der Waals surface area contributed by atoms with Crippen LogP contribution in [0.15, 0.2) is 54.6 Å². The Morgan fingerprint density at radius 1 is 1.19 bits per heavy atom. The highest BCUT2D eigenvalue weighted by Gasteiger charge is 2.25. The van der Waals surface area contributed by atoms with Crippen molar-refractivity contribution in [1.29, 1.82) is 5.26 Å². The molecule has 0 aliphatic carbocycles. The molecule has 5 nitrogen and oxygen atoms in total. The van der Waals surface area contributed by atoms with E-state index in [0.717, 1.165) is 42.2 Å². The summed E-state index contributed by atoms with van der Waals surface area (Å²) in [5.41, 5.74) is 3.50. The fraction of sp³-hybridized carbons (Fsp3) is 0.250. The number of thiophene rings is 1. The standard InChI is InChI=1S/C24H23N3O2S.ClH/c1-2-29-19-10-8-18(9-11-19)23(28)26-24-21(14-25)20-12-13-27(16-22(20)30-24)15-17-6-4-3-5-7-17;/h3-11H,2,12-13,15-16H2,1H3,(H,26,28);1H. The van der Waals surface area contributed by atoms with Crippen LogP contribution < -0.4 is 10.1 Å². The molecule has 0 fully saturated rings. The zero-order chi connectivity index (χ0) is 20.9. The molecule has 7 heteroatoms. The number of halogens is 1. The van der Waals surface area contributed by atoms with Gasteiger partial charge in [0.2, 0.25) is 0 Å². The molecule has 0 radical (unpaired) electrons. The summed E-state index contributed by atoms with van der Waals surface area (Å²) in [4.78, 5) is 16.2. The van der Waals surface area contributed by atoms with Crippen molar-refractivity contribution in [3.8, 4) is 11.8 Å². The number of benzene rings is 2. The fourth-order valence-electron chi connectivity index (χ4n) is 3.68. The van der Waals surface area contributed by atoms with Gasteiger partial charge in [0.1, 0.15) is 16.8 Å². The van der Waals surface area contributed by atoms with Crippen LogP contribution in [0, 0.1) is 11.3 Å². The molecule has 4 rings (SSSR count). The van der Waals surface area contributed by atoms with E-state index in [0.29, 0.717) is 22.7 Å². The van der Waals surface area contributed by atoms with Gasteiger partial charge in [0.15, 0.2) is 0 Å². The molecule has 0 atom stereocenters. The van der Waals surface area contributed by atoms with E-state index in [1.54, 1.807) is 24.3 Å². The molecule has 0 spiro atoms. The second kappa shape index (κ2) is 10.5. The molecule has 1 aliphatic heterocycles. The fourth-order valence-corrected chi connectivity index (χ4v) is 4.92. The molecule has 0 bridgehead atoms. The maximum absolute atomic E-state index is 12.7. The van der Waals surface area contributed by atoms with Gasteiger partial charge in [0, 0.05) is 30.1 Å². The average molecular weight is 454 g/mol. The van der Waals surface area contributed by atoms with E-state index < -0.39 is 0 Å². The third-order valence-electron chi connectivity index (χ3n) is 5.15. The van der Waals surface area contributed by atoms with E-state index in [2.05, 4.69) is 40.6 Å². The number of rotatable bonds is 6. The number of nitriles is 1. The number of amides is 1. The Kier molecular flexibility index (Phi) is 7.69. The van der Waals surface area contributed by atoms with E-state index in [1.165, 1.54) is 16.9 Å². The lowest BCUT2D eigenvalue weighted by Crippen LogP contribution is -2.29. The molecule has 0 saturated heterocycles. The highest BCUT2D eigenvalue weighted by Crippen LogP contribution is 2.37. The molecule has 1 amide bonds. The van der Waals surface area contributed by atoms with Gasteiger partial charge in [-0.25, -0.2) is 0 Å². The Morgan fingerprint density at radius 2 is 1.94 bits per heavy atom. The molecule has 160 valence electrons. The number of carbonyl (C=O) groups excluding carboxylic acids is 1. The predicted octanol–water partition coefficient (Wildman–Crippen LogP) is 5.25. The molecule has 31 heavy (non-hydrogen) atoms. The van der Waals surface area contributed by atoms with Gasteiger partial charge in [-0.15, -0.1) is 23.7 Å². The Morgan fingerprint density at radius 3 is 2.61 bits per heavy atom. The van der Waals surface area contributed by atoms with Crippen molar-refractivity contribution in [3.05, 3.63) is 81.7 Å². The Hall–Kier alpha value is -2.85. The smallest absolute Gasteiger partial charge is 0.256 e. The number of fused-ring (bicyclic) bond motifs is 1. The lowest BCUT2D eigenvalue weighted by Gasteiger charge is -2.26. The lowest BCUT2D eigenvalue weighted by atomic mass is 10.0. The highest BCUT2D eigenvalue weighted by atomic mass is 35.5. The van der Waals surface area contributed by atoms with E-state index in [4.69, 9.17) is 4.74 Å². The molecule has 1 aliphatic rings. The Bertz CT molecular complexity index is 1070. The first-order valence-electron chi connectivity index (χ1n) is 10.0. The van der Waals surface area contributed by atoms with Crippen LogP contribution in [-0.4, -0.2) is 24.0 Å². The second-order valence-electron chi connectivity index (χ2n) is 7.18. The van der Waals surface area contributed by atoms with E-state index in [1.807, 2.05) is 13.0 Å². The molecule has 2 heterocycles. The largest absolute Gasteiger partial charge is 0.494 e. The van der Waals surface area contributed by atoms with Crippen LogP contribution in [0.3, 0.4) is 0 Å². The van der Waals surface area contributed by atoms with E-state index >= 15 is 0 Å². The highest BCUT2D eigenvalue weighted by molar-refractivity contribution is 7.16. The van der Waals surface area contributed by atoms with Crippen molar-refractivity contribution in [1.82, 2.24) is 4.90 Å². The molecule has 2 aromatic carbocycles. The van der Waals surface area contributed by atoms with Crippen LogP contribution in [0.5, 0.6) is 5.75 Å². The first kappa shape index (κ1) is 22.8. The van der Waals surface area contributed by atoms with Crippen molar-refractivity contribution in [2.75, 3.05) is 18.5 Å². The number of nitrogens with one attached hydrogen (secondary N) is 1. The minimum Gasteiger partial charge on any atom is -0.494 e. The summed E-state index contributed by atoms with van der Waals surface area (Å²) < 4.78 is 5.43. The van der Waals surface area contributed by atoms with Crippen LogP contribution >= 0.6 is 23.7 Å². The van der Waals surface area contributed by atoms with Crippen LogP contribution in [0.25, 0.3) is 0 Å². The SMILES string of the molecule is CCOc1ccc(C(=O)Nc2sc3c(c2C#N)CCN(Cc2ccccc2)C3)cc1.Cl. The molecule has 3 aromatic rings. The van der Waals surface area contributed by atoms with Crippen molar-refractivity contribution in [2.24, 2.45) is 0 Å². The number of hydrogen-bond acceptors (Lipinski definition) is 5. The van der Waals surface area contributed by atoms with Crippen LogP contribution in [-0.2, 0) is 19.5 Å². The summed E-state index contributed by atoms with van der Waals surface area (Å²) in [5.74, 6) is 0.520. The number of carbonyl (C=O) groups is 1. The molecule has 0 unspecified atom stereocenters. The third kappa shape index (κ3) is 5.26. The zero-order valence-electron chi connectivity index (χ0n) is 17.3. The van der Waals surface area contributed by atoms with E-state index in [9.17, 15) is 10.1 Å². The van der Waals surface area contributed by atoms with Gasteiger partial charge in [0.25, 0.3) is 5.91 Å². The minimum atomic E-state index is -0.214. The first-order chi connectivity index (χ1) is 14.7. The summed E-state index contributed by atoms with van der Waals surface area (Å²) in [6, 6.07) is 19.7. The second-order valence-corrected chi connectivity index (χ2v) is 8.28. The molecule has 1 aromatic heterocycles. The Labute approximate surface area is 192 Å². The van der Waals surface area contributed by atoms with Crippen molar-refractivity contribution in [2.45, 2.75) is 26.4 Å². The van der Waals surface area contributed by atoms with Crippen molar-refractivity contribution >= 4 is 34.7 Å². The van der Waals surface area contributed by atoms with Crippen molar-refractivity contribution < 1.29 is 9.53 Å². The lowest BCUT2D eigenvalue weighted by molar-refractivity contribution is 0.102. The van der Waals surface area contributed by atoms with Gasteiger partial charge in [-0.05, 0) is 48.7 Å². The van der Waals surface area contributed by atoms with E-state index in [-0.39, 0.29) is 18.3 Å². The monoisotopic (exact) mass is 453 g/mol. The van der Waals surface area contributed by atoms with Gasteiger partial charge >= 0.3 is 0 Å². The summed E-state index contributed by atoms with van der Waals surface area (Å²) in [7, 11) is 0. The number of hydrogen-bond donors (Lipinski definition) is 1. The van der Waals surface area contributed by atoms with Crippen molar-refractivity contribution in [3.63, 3.8) is 0 Å². The Balaban J connectivity index is 0.00000272. The minimum absolute atomic E-state index is 0. The van der Waals surface area contributed by atoms with Crippen LogP contribution in [0.4, 0.5) is 5.00 Å². The molecule has 0 saturated carbocycles. The van der Waals surface area contributed by atoms with Crippen LogP contribution in [0.2, 0.25) is 0 Å². The van der Waals surface area contributed by atoms with Gasteiger partial charge in [-0.3, -0.25) is 9.69 Å². The quantitative estimate of drug-likeness (QED) is 0.553. The van der Waals surface area contributed by atoms with Crippen LogP contribution in [0.1, 0.15) is 38.8 Å². The van der Waals surface area contributed by atoms with Gasteiger partial charge in [-0.1, -0.05) is 30.3 Å². The van der Waals surface area contributed by atoms with Gasteiger partial charge in [0.05, 0.1) is 12.2 Å². The third-order valence-corrected chi connectivity index (χ3v) is 6.28. The summed E-state index contributed by atoms with van der Waals surface area (Å²) in [5, 5.41) is 13.3. The predicted molar refractivity (Wildman–Crippen MR) is 126 cm³/mol. The molecular weight excluding hydrogens is 430 g/mol. The average Bonchev–Trinajstić information content (AvgIpc) is 3.11. The number of anilines is 1. The molecule has 1 N–H and O–H groups in total. The maximum atomic E-state index is 12.7. The topological polar surface area (TPSA) is 65.4 Å². The summed E-state index contributed by atoms with van der Waals surface area (Å²) in [6.07, 6.45) is 0.820. The first-order valence-corrected chi connectivity index (χ1v) is 10.8. The molecular formula is C24H24ClN3O2S. The van der Waals surface area contributed by atoms with Gasteiger partial charge in [-0.2, -0.15) is 5.26 Å². The normalized spacial score (nSPS) is 12.9. The zero-order valence-corrected chi connectivity index (χ0v) is 18.9. The maximum Gasteiger partial charge on any atom is 0.256 e. The number of ether oxygens (including phenoxy) is 1.